The van der Waals surface area contributed by atoms with E-state index in [1.807, 2.05) is 18.2 Å². The number of piperidine rings is 1. The summed E-state index contributed by atoms with van der Waals surface area (Å²) in [4.78, 5) is 14.2. The fourth-order valence-electron chi connectivity index (χ4n) is 5.71. The van der Waals surface area contributed by atoms with Crippen LogP contribution < -0.4 is 11.1 Å². The molecule has 2 heterocycles. The van der Waals surface area contributed by atoms with Gasteiger partial charge in [0.15, 0.2) is 0 Å². The van der Waals surface area contributed by atoms with Gasteiger partial charge in [0, 0.05) is 50.4 Å². The number of likely N-dealkylation sites (tertiary alicyclic amines) is 1. The summed E-state index contributed by atoms with van der Waals surface area (Å²) in [5, 5.41) is 4.61. The summed E-state index contributed by atoms with van der Waals surface area (Å²) < 4.78 is 5.29. The minimum atomic E-state index is 0.706. The van der Waals surface area contributed by atoms with E-state index in [0.717, 1.165) is 60.6 Å². The zero-order valence-electron chi connectivity index (χ0n) is 20.5. The molecule has 1 saturated heterocycles. The van der Waals surface area contributed by atoms with Crippen molar-refractivity contribution in [3.8, 4) is 0 Å². The van der Waals surface area contributed by atoms with Gasteiger partial charge in [-0.05, 0) is 81.6 Å². The Morgan fingerprint density at radius 1 is 1.15 bits per heavy atom. The van der Waals surface area contributed by atoms with Crippen LogP contribution in [0, 0.1) is 11.8 Å². The molecule has 7 heteroatoms. The van der Waals surface area contributed by atoms with Gasteiger partial charge < -0.3 is 25.6 Å². The second kappa shape index (κ2) is 12.0. The van der Waals surface area contributed by atoms with Crippen molar-refractivity contribution in [2.75, 3.05) is 64.0 Å². The van der Waals surface area contributed by atoms with E-state index in [1.54, 1.807) is 13.4 Å². The predicted molar refractivity (Wildman–Crippen MR) is 136 cm³/mol. The van der Waals surface area contributed by atoms with Crippen molar-refractivity contribution < 1.29 is 4.74 Å². The first-order chi connectivity index (χ1) is 16.2. The molecule has 1 aromatic carbocycles. The lowest BCUT2D eigenvalue weighted by Crippen LogP contribution is -2.47. The maximum Gasteiger partial charge on any atom is 0.137 e. The van der Waals surface area contributed by atoms with Crippen LogP contribution in [0.2, 0.25) is 0 Å². The Labute approximate surface area is 199 Å². The van der Waals surface area contributed by atoms with Gasteiger partial charge in [-0.3, -0.25) is 0 Å². The van der Waals surface area contributed by atoms with E-state index in [1.165, 1.54) is 58.2 Å². The summed E-state index contributed by atoms with van der Waals surface area (Å²) in [6, 6.07) is 6.59. The Morgan fingerprint density at radius 2 is 2.00 bits per heavy atom. The molecule has 4 rings (SSSR count). The third-order valence-corrected chi connectivity index (χ3v) is 7.68. The highest BCUT2D eigenvalue weighted by Gasteiger charge is 2.30. The van der Waals surface area contributed by atoms with Crippen molar-refractivity contribution in [1.82, 2.24) is 19.8 Å². The molecule has 33 heavy (non-hydrogen) atoms. The minimum Gasteiger partial charge on any atom is -0.399 e. The number of ether oxygens (including phenoxy) is 1. The van der Waals surface area contributed by atoms with E-state index in [4.69, 9.17) is 10.5 Å². The molecule has 3 N–H and O–H groups in total. The molecule has 0 amide bonds. The van der Waals surface area contributed by atoms with Gasteiger partial charge >= 0.3 is 0 Å². The number of hydrogen-bond donors (Lipinski definition) is 2. The van der Waals surface area contributed by atoms with Crippen LogP contribution in [-0.2, 0) is 4.74 Å². The zero-order valence-corrected chi connectivity index (χ0v) is 20.5. The Hall–Kier alpha value is -1.96. The smallest absolute Gasteiger partial charge is 0.137 e. The third-order valence-electron chi connectivity index (χ3n) is 7.68. The van der Waals surface area contributed by atoms with Crippen molar-refractivity contribution in [2.45, 2.75) is 51.5 Å². The number of anilines is 2. The lowest BCUT2D eigenvalue weighted by Gasteiger charge is -2.42. The summed E-state index contributed by atoms with van der Waals surface area (Å²) >= 11 is 0. The summed E-state index contributed by atoms with van der Waals surface area (Å²) in [6.45, 7) is 10.0. The lowest BCUT2D eigenvalue weighted by molar-refractivity contribution is 0.0675. The van der Waals surface area contributed by atoms with Gasteiger partial charge in [0.2, 0.25) is 0 Å². The molecule has 1 saturated carbocycles. The molecule has 1 aromatic heterocycles. The van der Waals surface area contributed by atoms with Crippen molar-refractivity contribution in [3.63, 3.8) is 0 Å². The number of likely N-dealkylation sites (N-methyl/N-ethyl adjacent to an activating group) is 1. The molecule has 1 unspecified atom stereocenters. The molecule has 7 nitrogen and oxygen atoms in total. The average Bonchev–Trinajstić information content (AvgIpc) is 2.85. The second-order valence-electron chi connectivity index (χ2n) is 9.94. The van der Waals surface area contributed by atoms with Crippen LogP contribution in [-0.4, -0.2) is 78.8 Å². The van der Waals surface area contributed by atoms with Crippen LogP contribution in [0.4, 0.5) is 11.5 Å². The van der Waals surface area contributed by atoms with Crippen LogP contribution in [0.25, 0.3) is 10.9 Å². The minimum absolute atomic E-state index is 0.706. The highest BCUT2D eigenvalue weighted by Crippen LogP contribution is 2.31. The number of benzene rings is 1. The molecule has 182 valence electrons. The topological polar surface area (TPSA) is 79.5 Å². The first-order valence-electron chi connectivity index (χ1n) is 12.9. The van der Waals surface area contributed by atoms with E-state index in [2.05, 4.69) is 32.0 Å². The van der Waals surface area contributed by atoms with Crippen molar-refractivity contribution in [3.05, 3.63) is 24.5 Å². The fraction of sp³-hybridized carbons (Fsp3) is 0.692. The van der Waals surface area contributed by atoms with E-state index < -0.39 is 0 Å². The maximum absolute atomic E-state index is 5.99. The number of nitrogens with two attached hydrogens (primary N) is 1. The van der Waals surface area contributed by atoms with Gasteiger partial charge in [0.05, 0.1) is 12.1 Å². The molecule has 2 aromatic rings. The number of nitrogen functional groups attached to an aromatic ring is 1. The first-order valence-corrected chi connectivity index (χ1v) is 12.9. The number of methoxy groups -OCH3 is 1. The average molecular weight is 455 g/mol. The van der Waals surface area contributed by atoms with Crippen LogP contribution in [0.3, 0.4) is 0 Å². The maximum atomic E-state index is 5.99. The highest BCUT2D eigenvalue weighted by molar-refractivity contribution is 5.91. The Bertz CT molecular complexity index is 869. The number of aromatic nitrogens is 2. The first kappa shape index (κ1) is 24.2. The number of hydrogen-bond acceptors (Lipinski definition) is 7. The highest BCUT2D eigenvalue weighted by atomic mass is 16.5. The summed E-state index contributed by atoms with van der Waals surface area (Å²) in [7, 11) is 1.80. The van der Waals surface area contributed by atoms with Crippen molar-refractivity contribution >= 4 is 22.4 Å². The van der Waals surface area contributed by atoms with E-state index in [-0.39, 0.29) is 0 Å². The molecule has 1 aliphatic carbocycles. The fourth-order valence-corrected chi connectivity index (χ4v) is 5.71. The normalized spacial score (nSPS) is 24.4. The van der Waals surface area contributed by atoms with Crippen LogP contribution in [0.5, 0.6) is 0 Å². The quantitative estimate of drug-likeness (QED) is 0.528. The Balaban J connectivity index is 1.24. The van der Waals surface area contributed by atoms with E-state index in [9.17, 15) is 0 Å². The van der Waals surface area contributed by atoms with E-state index in [0.29, 0.717) is 5.92 Å². The predicted octanol–water partition coefficient (Wildman–Crippen LogP) is 3.86. The number of nitrogens with zero attached hydrogens (tertiary/aromatic N) is 4. The molecular formula is C26H42N6O. The summed E-state index contributed by atoms with van der Waals surface area (Å²) in [6.07, 6.45) is 9.57. The number of fused-ring (bicyclic) bond motifs is 1. The molecule has 0 radical (unpaired) electrons. The van der Waals surface area contributed by atoms with Gasteiger partial charge in [-0.1, -0.05) is 6.92 Å². The molecule has 1 atom stereocenters. The molecule has 0 spiro atoms. The monoisotopic (exact) mass is 454 g/mol. The third kappa shape index (κ3) is 6.55. The molecule has 2 fully saturated rings. The van der Waals surface area contributed by atoms with Gasteiger partial charge in [0.1, 0.15) is 12.1 Å². The molecule has 0 bridgehead atoms. The van der Waals surface area contributed by atoms with Gasteiger partial charge in [-0.2, -0.15) is 0 Å². The number of rotatable bonds is 10. The molecular weight excluding hydrogens is 412 g/mol. The Morgan fingerprint density at radius 3 is 2.79 bits per heavy atom. The SMILES string of the molecule is CCN(CCOC)CC1CCCN(C2CCC(CNc3ncnc4ccc(N)cc34)CC2)C1. The lowest BCUT2D eigenvalue weighted by atomic mass is 9.84. The molecule has 1 aliphatic heterocycles. The van der Waals surface area contributed by atoms with Gasteiger partial charge in [0.25, 0.3) is 0 Å². The van der Waals surface area contributed by atoms with Crippen LogP contribution >= 0.6 is 0 Å². The second-order valence-corrected chi connectivity index (χ2v) is 9.94. The van der Waals surface area contributed by atoms with Crippen LogP contribution in [0.1, 0.15) is 45.4 Å². The van der Waals surface area contributed by atoms with Gasteiger partial charge in [-0.15, -0.1) is 0 Å². The Kier molecular flexibility index (Phi) is 8.75. The standard InChI is InChI=1S/C26H42N6O/c1-3-31(13-14-33-2)17-21-5-4-12-32(18-21)23-9-6-20(7-10-23)16-28-26-24-15-22(27)8-11-25(24)29-19-30-26/h8,11,15,19-21,23H,3-7,9-10,12-14,16-18,27H2,1-2H3,(H,28,29,30). The largest absolute Gasteiger partial charge is 0.399 e. The molecule has 2 aliphatic rings. The van der Waals surface area contributed by atoms with Gasteiger partial charge in [-0.25, -0.2) is 9.97 Å². The van der Waals surface area contributed by atoms with Crippen LogP contribution in [0.15, 0.2) is 24.5 Å². The van der Waals surface area contributed by atoms with Crippen molar-refractivity contribution in [1.29, 1.82) is 0 Å². The number of nitrogens with one attached hydrogen (secondary N) is 1. The van der Waals surface area contributed by atoms with E-state index >= 15 is 0 Å². The summed E-state index contributed by atoms with van der Waals surface area (Å²) in [5.74, 6) is 2.41. The summed E-state index contributed by atoms with van der Waals surface area (Å²) in [5.41, 5.74) is 7.68. The zero-order chi connectivity index (χ0) is 23.0. The van der Waals surface area contributed by atoms with Crippen molar-refractivity contribution in [2.24, 2.45) is 11.8 Å².